The molecule has 1 aliphatic rings. The molecule has 140 valence electrons. The van der Waals surface area contributed by atoms with E-state index in [4.69, 9.17) is 6.42 Å². The number of pyridine rings is 1. The van der Waals surface area contributed by atoms with E-state index in [2.05, 4.69) is 26.4 Å². The van der Waals surface area contributed by atoms with Crippen LogP contribution in [0.3, 0.4) is 0 Å². The second-order valence-corrected chi connectivity index (χ2v) is 6.62. The first-order chi connectivity index (χ1) is 12.8. The average Bonchev–Trinajstić information content (AvgIpc) is 3.42. The molecular weight excluding hydrogens is 348 g/mol. The van der Waals surface area contributed by atoms with Gasteiger partial charge in [-0.1, -0.05) is 0 Å². The summed E-state index contributed by atoms with van der Waals surface area (Å²) in [7, 11) is 2.93. The minimum atomic E-state index is -0.496. The summed E-state index contributed by atoms with van der Waals surface area (Å²) in [5, 5.41) is 11.1. The zero-order valence-corrected chi connectivity index (χ0v) is 15.4. The Labute approximate surface area is 155 Å². The molecule has 0 saturated carbocycles. The average molecular weight is 368 g/mol. The van der Waals surface area contributed by atoms with E-state index in [1.54, 1.807) is 13.0 Å². The molecule has 0 aliphatic carbocycles. The summed E-state index contributed by atoms with van der Waals surface area (Å²) < 4.78 is 2.28. The molecule has 0 aromatic carbocycles. The fourth-order valence-corrected chi connectivity index (χ4v) is 2.98. The summed E-state index contributed by atoms with van der Waals surface area (Å²) in [4.78, 5) is 41.2. The monoisotopic (exact) mass is 368 g/mol. The first-order valence-corrected chi connectivity index (χ1v) is 8.53. The highest BCUT2D eigenvalue weighted by atomic mass is 16.2. The van der Waals surface area contributed by atoms with Gasteiger partial charge in [-0.2, -0.15) is 10.2 Å². The number of hydrogen-bond acceptors (Lipinski definition) is 6. The number of fused-ring (bicyclic) bond motifs is 1. The van der Waals surface area contributed by atoms with Crippen molar-refractivity contribution in [2.75, 3.05) is 6.54 Å². The van der Waals surface area contributed by atoms with Crippen molar-refractivity contribution in [1.29, 1.82) is 0 Å². The Hall–Kier alpha value is -3.28. The zero-order valence-electron chi connectivity index (χ0n) is 15.4. The quantitative estimate of drug-likeness (QED) is 0.754. The van der Waals surface area contributed by atoms with Gasteiger partial charge in [-0.25, -0.2) is 9.78 Å². The number of terminal acetylenes is 1. The van der Waals surface area contributed by atoms with Crippen LogP contribution in [-0.2, 0) is 14.1 Å². The summed E-state index contributed by atoms with van der Waals surface area (Å²) in [5.74, 6) is 2.17. The normalized spacial score (nSPS) is 14.1. The number of aryl methyl sites for hydroxylation is 2. The third-order valence-corrected chi connectivity index (χ3v) is 4.70. The number of carbonyl (C=O) groups is 1. The Bertz CT molecular complexity index is 1110. The standard InChI is InChI=1S/C18H20N6O3/c1-5-6-7-18(21-22-18)8-9-19-15(25)12-10-11(2)13-14(20-12)23(3)17(27)24(4)16(13)26/h1,10H,6-9H2,2-4H3,(H,19,25). The topological polar surface area (TPSA) is 111 Å². The molecule has 1 amide bonds. The fraction of sp³-hybridized carbons (Fsp3) is 0.444. The molecule has 0 radical (unpaired) electrons. The largest absolute Gasteiger partial charge is 0.351 e. The molecule has 27 heavy (non-hydrogen) atoms. The lowest BCUT2D eigenvalue weighted by Gasteiger charge is -2.12. The van der Waals surface area contributed by atoms with E-state index in [0.29, 0.717) is 36.8 Å². The van der Waals surface area contributed by atoms with Gasteiger partial charge in [0.1, 0.15) is 11.3 Å². The summed E-state index contributed by atoms with van der Waals surface area (Å²) in [5.41, 5.74) is -0.486. The maximum Gasteiger partial charge on any atom is 0.332 e. The smallest absolute Gasteiger partial charge is 0.332 e. The molecule has 2 aromatic rings. The molecule has 1 aliphatic heterocycles. The Morgan fingerprint density at radius 3 is 2.59 bits per heavy atom. The predicted molar refractivity (Wildman–Crippen MR) is 99.6 cm³/mol. The molecule has 9 heteroatoms. The zero-order chi connectivity index (χ0) is 19.8. The van der Waals surface area contributed by atoms with Gasteiger partial charge in [0, 0.05) is 39.9 Å². The van der Waals surface area contributed by atoms with E-state index < -0.39 is 16.9 Å². The fourth-order valence-electron chi connectivity index (χ4n) is 2.98. The number of nitrogens with one attached hydrogen (secondary N) is 1. The van der Waals surface area contributed by atoms with Crippen LogP contribution in [0.1, 0.15) is 35.3 Å². The highest BCUT2D eigenvalue weighted by molar-refractivity contribution is 5.95. The van der Waals surface area contributed by atoms with Gasteiger partial charge in [0.25, 0.3) is 11.5 Å². The molecule has 2 aromatic heterocycles. The van der Waals surface area contributed by atoms with Gasteiger partial charge < -0.3 is 5.32 Å². The number of aromatic nitrogens is 3. The molecule has 0 fully saturated rings. The van der Waals surface area contributed by atoms with Crippen LogP contribution in [0.15, 0.2) is 25.9 Å². The van der Waals surface area contributed by atoms with Crippen molar-refractivity contribution in [3.8, 4) is 12.3 Å². The minimum absolute atomic E-state index is 0.144. The maximum absolute atomic E-state index is 12.5. The lowest BCUT2D eigenvalue weighted by molar-refractivity contribution is 0.0947. The number of nitrogens with zero attached hydrogens (tertiary/aromatic N) is 5. The molecule has 0 bridgehead atoms. The van der Waals surface area contributed by atoms with Crippen LogP contribution in [0.25, 0.3) is 11.0 Å². The van der Waals surface area contributed by atoms with Gasteiger partial charge in [0.2, 0.25) is 0 Å². The van der Waals surface area contributed by atoms with Crippen molar-refractivity contribution in [1.82, 2.24) is 19.4 Å². The maximum atomic E-state index is 12.5. The predicted octanol–water partition coefficient (Wildman–Crippen LogP) is 0.636. The Balaban J connectivity index is 1.81. The van der Waals surface area contributed by atoms with Crippen molar-refractivity contribution in [3.05, 3.63) is 38.2 Å². The van der Waals surface area contributed by atoms with Crippen LogP contribution in [0, 0.1) is 19.3 Å². The van der Waals surface area contributed by atoms with Crippen molar-refractivity contribution in [2.24, 2.45) is 24.3 Å². The Morgan fingerprint density at radius 2 is 1.96 bits per heavy atom. The van der Waals surface area contributed by atoms with Crippen molar-refractivity contribution in [3.63, 3.8) is 0 Å². The molecule has 9 nitrogen and oxygen atoms in total. The van der Waals surface area contributed by atoms with Crippen LogP contribution < -0.4 is 16.6 Å². The van der Waals surface area contributed by atoms with E-state index in [0.717, 1.165) is 4.57 Å². The number of amides is 1. The van der Waals surface area contributed by atoms with Gasteiger partial charge in [0.05, 0.1) is 5.39 Å². The third kappa shape index (κ3) is 3.38. The summed E-state index contributed by atoms with van der Waals surface area (Å²) >= 11 is 0. The molecule has 0 saturated heterocycles. The summed E-state index contributed by atoms with van der Waals surface area (Å²) in [6, 6.07) is 1.55. The van der Waals surface area contributed by atoms with Gasteiger partial charge >= 0.3 is 5.69 Å². The summed E-state index contributed by atoms with van der Waals surface area (Å²) in [6.07, 6.45) is 7.06. The number of hydrogen-bond donors (Lipinski definition) is 1. The Morgan fingerprint density at radius 1 is 1.26 bits per heavy atom. The van der Waals surface area contributed by atoms with Crippen LogP contribution in [0.5, 0.6) is 0 Å². The van der Waals surface area contributed by atoms with E-state index >= 15 is 0 Å². The Kier molecular flexibility index (Phi) is 4.66. The molecule has 3 rings (SSSR count). The van der Waals surface area contributed by atoms with E-state index in [1.165, 1.54) is 18.7 Å². The first kappa shape index (κ1) is 18.5. The molecule has 0 spiro atoms. The van der Waals surface area contributed by atoms with E-state index in [9.17, 15) is 14.4 Å². The molecular formula is C18H20N6O3. The minimum Gasteiger partial charge on any atom is -0.351 e. The van der Waals surface area contributed by atoms with Crippen molar-refractivity contribution >= 4 is 16.9 Å². The molecule has 0 unspecified atom stereocenters. The second-order valence-electron chi connectivity index (χ2n) is 6.62. The second kappa shape index (κ2) is 6.79. The lowest BCUT2D eigenvalue weighted by Crippen LogP contribution is -2.38. The van der Waals surface area contributed by atoms with Crippen LogP contribution >= 0.6 is 0 Å². The van der Waals surface area contributed by atoms with Gasteiger partial charge in [-0.05, 0) is 18.6 Å². The van der Waals surface area contributed by atoms with Crippen molar-refractivity contribution in [2.45, 2.75) is 31.8 Å². The molecule has 3 heterocycles. The van der Waals surface area contributed by atoms with E-state index in [-0.39, 0.29) is 17.2 Å². The lowest BCUT2D eigenvalue weighted by atomic mass is 10.0. The van der Waals surface area contributed by atoms with Crippen LogP contribution in [-0.4, -0.2) is 32.2 Å². The number of carbonyl (C=O) groups excluding carboxylic acids is 1. The molecule has 0 atom stereocenters. The van der Waals surface area contributed by atoms with Gasteiger partial charge in [0.15, 0.2) is 5.66 Å². The van der Waals surface area contributed by atoms with Gasteiger partial charge in [-0.15, -0.1) is 12.3 Å². The van der Waals surface area contributed by atoms with Crippen molar-refractivity contribution < 1.29 is 4.79 Å². The number of rotatable bonds is 6. The first-order valence-electron chi connectivity index (χ1n) is 8.53. The van der Waals surface area contributed by atoms with E-state index in [1.807, 2.05) is 0 Å². The molecule has 1 N–H and O–H groups in total. The SMILES string of the molecule is C#CCCC1(CCNC(=O)c2cc(C)c3c(=O)n(C)c(=O)n(C)c3n2)N=N1. The van der Waals surface area contributed by atoms with Gasteiger partial charge in [-0.3, -0.25) is 18.7 Å². The highest BCUT2D eigenvalue weighted by Crippen LogP contribution is 2.36. The van der Waals surface area contributed by atoms with Crippen LogP contribution in [0.2, 0.25) is 0 Å². The highest BCUT2D eigenvalue weighted by Gasteiger charge is 2.38. The third-order valence-electron chi connectivity index (χ3n) is 4.70. The summed E-state index contributed by atoms with van der Waals surface area (Å²) in [6.45, 7) is 2.08. The van der Waals surface area contributed by atoms with Crippen LogP contribution in [0.4, 0.5) is 0 Å².